The maximum absolute atomic E-state index is 5.82. The molecule has 3 N–H and O–H groups in total. The minimum absolute atomic E-state index is 0.201. The number of rotatable bonds is 6. The standard InChI is InChI=1S/C14H24N2O/c1-10-5-6-13(7-11(10)2)14(8-15)16-9-12(3)17-4/h5-7,12,14,16H,8-9,15H2,1-4H3. The zero-order valence-electron chi connectivity index (χ0n) is 11.3. The molecule has 0 amide bonds. The first kappa shape index (κ1) is 14.2. The highest BCUT2D eigenvalue weighted by Gasteiger charge is 2.11. The molecule has 0 fully saturated rings. The molecule has 0 saturated carbocycles. The zero-order chi connectivity index (χ0) is 12.8. The third-order valence-corrected chi connectivity index (χ3v) is 3.22. The van der Waals surface area contributed by atoms with Gasteiger partial charge in [-0.1, -0.05) is 18.2 Å². The van der Waals surface area contributed by atoms with Gasteiger partial charge in [0, 0.05) is 26.2 Å². The van der Waals surface area contributed by atoms with Crippen molar-refractivity contribution in [1.29, 1.82) is 0 Å². The minimum atomic E-state index is 0.201. The number of methoxy groups -OCH3 is 1. The average molecular weight is 236 g/mol. The zero-order valence-corrected chi connectivity index (χ0v) is 11.3. The summed E-state index contributed by atoms with van der Waals surface area (Å²) in [4.78, 5) is 0. The first-order valence-corrected chi connectivity index (χ1v) is 6.11. The van der Waals surface area contributed by atoms with Crippen molar-refractivity contribution in [3.63, 3.8) is 0 Å². The van der Waals surface area contributed by atoms with E-state index < -0.39 is 0 Å². The van der Waals surface area contributed by atoms with Gasteiger partial charge in [0.25, 0.3) is 0 Å². The first-order chi connectivity index (χ1) is 8.08. The number of benzene rings is 1. The van der Waals surface area contributed by atoms with Crippen LogP contribution in [0.1, 0.15) is 29.7 Å². The van der Waals surface area contributed by atoms with Gasteiger partial charge in [-0.2, -0.15) is 0 Å². The van der Waals surface area contributed by atoms with E-state index in [0.717, 1.165) is 6.54 Å². The highest BCUT2D eigenvalue weighted by atomic mass is 16.5. The van der Waals surface area contributed by atoms with E-state index in [1.54, 1.807) is 7.11 Å². The molecule has 0 aliphatic rings. The van der Waals surface area contributed by atoms with Gasteiger partial charge in [0.2, 0.25) is 0 Å². The van der Waals surface area contributed by atoms with Crippen LogP contribution < -0.4 is 11.1 Å². The molecule has 0 aliphatic heterocycles. The highest BCUT2D eigenvalue weighted by molar-refractivity contribution is 5.31. The van der Waals surface area contributed by atoms with Crippen molar-refractivity contribution in [2.75, 3.05) is 20.2 Å². The lowest BCUT2D eigenvalue weighted by Crippen LogP contribution is -2.34. The fourth-order valence-corrected chi connectivity index (χ4v) is 1.71. The summed E-state index contributed by atoms with van der Waals surface area (Å²) in [6.07, 6.45) is 0.204. The summed E-state index contributed by atoms with van der Waals surface area (Å²) in [5.41, 5.74) is 9.69. The first-order valence-electron chi connectivity index (χ1n) is 6.11. The molecule has 0 aliphatic carbocycles. The molecule has 96 valence electrons. The Labute approximate surface area is 104 Å². The number of nitrogens with two attached hydrogens (primary N) is 1. The van der Waals surface area contributed by atoms with Crippen molar-refractivity contribution < 1.29 is 4.74 Å². The van der Waals surface area contributed by atoms with Crippen molar-refractivity contribution in [2.24, 2.45) is 5.73 Å². The van der Waals surface area contributed by atoms with Gasteiger partial charge < -0.3 is 15.8 Å². The van der Waals surface area contributed by atoms with Crippen LogP contribution in [-0.2, 0) is 4.74 Å². The average Bonchev–Trinajstić information content (AvgIpc) is 2.33. The van der Waals surface area contributed by atoms with Gasteiger partial charge in [-0.05, 0) is 37.5 Å². The van der Waals surface area contributed by atoms with Gasteiger partial charge in [0.1, 0.15) is 0 Å². The number of nitrogens with one attached hydrogen (secondary N) is 1. The summed E-state index contributed by atoms with van der Waals surface area (Å²) in [6, 6.07) is 6.70. The third-order valence-electron chi connectivity index (χ3n) is 3.22. The Bertz CT molecular complexity index is 352. The summed E-state index contributed by atoms with van der Waals surface area (Å²) < 4.78 is 5.22. The Morgan fingerprint density at radius 2 is 2.00 bits per heavy atom. The molecule has 0 spiro atoms. The van der Waals surface area contributed by atoms with E-state index in [2.05, 4.69) is 37.4 Å². The third kappa shape index (κ3) is 4.11. The van der Waals surface area contributed by atoms with Crippen LogP contribution in [0, 0.1) is 13.8 Å². The van der Waals surface area contributed by atoms with Crippen LogP contribution >= 0.6 is 0 Å². The number of ether oxygens (including phenoxy) is 1. The van der Waals surface area contributed by atoms with Gasteiger partial charge in [0.05, 0.1) is 6.10 Å². The lowest BCUT2D eigenvalue weighted by atomic mass is 10.0. The Kier molecular flexibility index (Phi) is 5.62. The van der Waals surface area contributed by atoms with Crippen molar-refractivity contribution in [3.8, 4) is 0 Å². The van der Waals surface area contributed by atoms with Crippen LogP contribution in [0.25, 0.3) is 0 Å². The second kappa shape index (κ2) is 6.74. The predicted molar refractivity (Wildman–Crippen MR) is 72.2 cm³/mol. The number of aryl methyl sites for hydroxylation is 2. The van der Waals surface area contributed by atoms with Crippen LogP contribution in [-0.4, -0.2) is 26.3 Å². The van der Waals surface area contributed by atoms with E-state index in [0.29, 0.717) is 6.54 Å². The van der Waals surface area contributed by atoms with Crippen LogP contribution in [0.2, 0.25) is 0 Å². The topological polar surface area (TPSA) is 47.3 Å². The highest BCUT2D eigenvalue weighted by Crippen LogP contribution is 2.16. The van der Waals surface area contributed by atoms with Crippen LogP contribution in [0.3, 0.4) is 0 Å². The monoisotopic (exact) mass is 236 g/mol. The Morgan fingerprint density at radius 3 is 2.53 bits per heavy atom. The maximum atomic E-state index is 5.82. The van der Waals surface area contributed by atoms with Gasteiger partial charge in [0.15, 0.2) is 0 Å². The Hall–Kier alpha value is -0.900. The molecule has 0 aromatic heterocycles. The van der Waals surface area contributed by atoms with Crippen LogP contribution in [0.15, 0.2) is 18.2 Å². The summed E-state index contributed by atoms with van der Waals surface area (Å²) in [7, 11) is 1.72. The van der Waals surface area contributed by atoms with Crippen molar-refractivity contribution in [2.45, 2.75) is 32.9 Å². The normalized spacial score (nSPS) is 14.6. The van der Waals surface area contributed by atoms with Gasteiger partial charge in [-0.15, -0.1) is 0 Å². The Morgan fingerprint density at radius 1 is 1.29 bits per heavy atom. The summed E-state index contributed by atoms with van der Waals surface area (Å²) in [6.45, 7) is 7.70. The molecule has 2 unspecified atom stereocenters. The van der Waals surface area contributed by atoms with Crippen molar-refractivity contribution >= 4 is 0 Å². The van der Waals surface area contributed by atoms with Gasteiger partial charge >= 0.3 is 0 Å². The molecule has 0 saturated heterocycles. The molecule has 3 heteroatoms. The second-order valence-electron chi connectivity index (χ2n) is 4.59. The predicted octanol–water partition coefficient (Wildman–Crippen LogP) is 1.93. The smallest absolute Gasteiger partial charge is 0.0667 e. The number of hydrogen-bond acceptors (Lipinski definition) is 3. The molecule has 3 nitrogen and oxygen atoms in total. The molecule has 1 aromatic rings. The molecule has 0 heterocycles. The van der Waals surface area contributed by atoms with Gasteiger partial charge in [-0.3, -0.25) is 0 Å². The molecule has 0 bridgehead atoms. The quantitative estimate of drug-likeness (QED) is 0.793. The molecule has 1 aromatic carbocycles. The van der Waals surface area contributed by atoms with E-state index >= 15 is 0 Å². The molecule has 2 atom stereocenters. The fourth-order valence-electron chi connectivity index (χ4n) is 1.71. The van der Waals surface area contributed by atoms with E-state index in [1.165, 1.54) is 16.7 Å². The van der Waals surface area contributed by atoms with Crippen molar-refractivity contribution in [1.82, 2.24) is 5.32 Å². The largest absolute Gasteiger partial charge is 0.380 e. The van der Waals surface area contributed by atoms with E-state index in [9.17, 15) is 0 Å². The molecule has 1 rings (SSSR count). The minimum Gasteiger partial charge on any atom is -0.380 e. The van der Waals surface area contributed by atoms with E-state index in [1.807, 2.05) is 6.92 Å². The Balaban J connectivity index is 2.69. The molecular weight excluding hydrogens is 212 g/mol. The number of hydrogen-bond donors (Lipinski definition) is 2. The molecular formula is C14H24N2O. The van der Waals surface area contributed by atoms with E-state index in [4.69, 9.17) is 10.5 Å². The summed E-state index contributed by atoms with van der Waals surface area (Å²) in [5.74, 6) is 0. The summed E-state index contributed by atoms with van der Waals surface area (Å²) >= 11 is 0. The van der Waals surface area contributed by atoms with Crippen LogP contribution in [0.5, 0.6) is 0 Å². The SMILES string of the molecule is COC(C)CNC(CN)c1ccc(C)c(C)c1. The fraction of sp³-hybridized carbons (Fsp3) is 0.571. The van der Waals surface area contributed by atoms with Crippen LogP contribution in [0.4, 0.5) is 0 Å². The molecule has 0 radical (unpaired) electrons. The maximum Gasteiger partial charge on any atom is 0.0667 e. The lowest BCUT2D eigenvalue weighted by Gasteiger charge is -2.20. The summed E-state index contributed by atoms with van der Waals surface area (Å²) in [5, 5.41) is 3.43. The molecule has 17 heavy (non-hydrogen) atoms. The second-order valence-corrected chi connectivity index (χ2v) is 4.59. The van der Waals surface area contributed by atoms with Gasteiger partial charge in [-0.25, -0.2) is 0 Å². The van der Waals surface area contributed by atoms with E-state index in [-0.39, 0.29) is 12.1 Å². The lowest BCUT2D eigenvalue weighted by molar-refractivity contribution is 0.114. The van der Waals surface area contributed by atoms with Crippen molar-refractivity contribution in [3.05, 3.63) is 34.9 Å².